The SMILES string of the molecule is COc1ccc(Cn2nnc(C(=O)O)c2SCc2ccc(-c3ccc(OC(F)(F)F)cc3)cc2)cc1. The van der Waals surface area contributed by atoms with Gasteiger partial charge in [-0.2, -0.15) is 0 Å². The van der Waals surface area contributed by atoms with Crippen LogP contribution in [-0.2, 0) is 12.3 Å². The molecule has 0 saturated heterocycles. The Kier molecular flexibility index (Phi) is 7.49. The van der Waals surface area contributed by atoms with Crippen molar-refractivity contribution >= 4 is 17.7 Å². The van der Waals surface area contributed by atoms with Crippen molar-refractivity contribution in [3.05, 3.63) is 89.6 Å². The second kappa shape index (κ2) is 10.7. The number of benzene rings is 3. The topological polar surface area (TPSA) is 86.5 Å². The third-order valence-electron chi connectivity index (χ3n) is 5.13. The smallest absolute Gasteiger partial charge is 0.497 e. The van der Waals surface area contributed by atoms with Gasteiger partial charge < -0.3 is 14.6 Å². The number of alkyl halides is 3. The van der Waals surface area contributed by atoms with Crippen LogP contribution >= 0.6 is 11.8 Å². The predicted octanol–water partition coefficient (Wildman–Crippen LogP) is 5.89. The van der Waals surface area contributed by atoms with Gasteiger partial charge in [0.1, 0.15) is 16.5 Å². The fourth-order valence-electron chi connectivity index (χ4n) is 3.38. The Morgan fingerprint density at radius 3 is 2.03 bits per heavy atom. The number of nitrogens with zero attached hydrogens (tertiary/aromatic N) is 3. The zero-order valence-electron chi connectivity index (χ0n) is 18.9. The Labute approximate surface area is 208 Å². The molecule has 3 aromatic carbocycles. The summed E-state index contributed by atoms with van der Waals surface area (Å²) < 4.78 is 47.6. The van der Waals surface area contributed by atoms with Crippen molar-refractivity contribution in [3.63, 3.8) is 0 Å². The lowest BCUT2D eigenvalue weighted by Gasteiger charge is -2.10. The maximum Gasteiger partial charge on any atom is 0.573 e. The molecular formula is C25H20F3N3O4S. The number of carboxylic acid groups (broad SMARTS) is 1. The first-order chi connectivity index (χ1) is 17.2. The number of ether oxygens (including phenoxy) is 2. The Morgan fingerprint density at radius 2 is 1.47 bits per heavy atom. The third kappa shape index (κ3) is 6.36. The summed E-state index contributed by atoms with van der Waals surface area (Å²) in [5.41, 5.74) is 3.27. The van der Waals surface area contributed by atoms with Gasteiger partial charge in [-0.3, -0.25) is 0 Å². The number of aromatic carboxylic acids is 1. The van der Waals surface area contributed by atoms with E-state index in [-0.39, 0.29) is 11.4 Å². The highest BCUT2D eigenvalue weighted by Gasteiger charge is 2.31. The summed E-state index contributed by atoms with van der Waals surface area (Å²) in [5.74, 6) is -0.262. The molecule has 186 valence electrons. The molecule has 4 rings (SSSR count). The number of rotatable bonds is 9. The summed E-state index contributed by atoms with van der Waals surface area (Å²) in [7, 11) is 1.58. The third-order valence-corrected chi connectivity index (χ3v) is 6.29. The molecule has 1 aromatic heterocycles. The van der Waals surface area contributed by atoms with Crippen LogP contribution in [0.1, 0.15) is 21.6 Å². The highest BCUT2D eigenvalue weighted by molar-refractivity contribution is 7.98. The van der Waals surface area contributed by atoms with Crippen molar-refractivity contribution in [2.75, 3.05) is 7.11 Å². The summed E-state index contributed by atoms with van der Waals surface area (Å²) in [5, 5.41) is 17.8. The van der Waals surface area contributed by atoms with Gasteiger partial charge in [-0.1, -0.05) is 65.5 Å². The molecule has 7 nitrogen and oxygen atoms in total. The van der Waals surface area contributed by atoms with E-state index in [1.165, 1.54) is 23.9 Å². The van der Waals surface area contributed by atoms with Crippen LogP contribution in [-0.4, -0.2) is 39.5 Å². The molecule has 0 amide bonds. The Morgan fingerprint density at radius 1 is 0.917 bits per heavy atom. The van der Waals surface area contributed by atoms with E-state index in [2.05, 4.69) is 15.0 Å². The number of hydrogen-bond acceptors (Lipinski definition) is 6. The second-order valence-electron chi connectivity index (χ2n) is 7.61. The van der Waals surface area contributed by atoms with Crippen LogP contribution in [0.5, 0.6) is 11.5 Å². The Hall–Kier alpha value is -3.99. The predicted molar refractivity (Wildman–Crippen MR) is 127 cm³/mol. The average Bonchev–Trinajstić information content (AvgIpc) is 3.26. The van der Waals surface area contributed by atoms with Crippen molar-refractivity contribution in [3.8, 4) is 22.6 Å². The van der Waals surface area contributed by atoms with Crippen molar-refractivity contribution < 1.29 is 32.5 Å². The molecule has 1 heterocycles. The molecule has 0 aliphatic rings. The maximum absolute atomic E-state index is 12.3. The Bertz CT molecular complexity index is 1320. The van der Waals surface area contributed by atoms with Gasteiger partial charge in [0.15, 0.2) is 0 Å². The largest absolute Gasteiger partial charge is 0.573 e. The molecule has 0 radical (unpaired) electrons. The first-order valence-electron chi connectivity index (χ1n) is 10.6. The van der Waals surface area contributed by atoms with Crippen LogP contribution in [0, 0.1) is 0 Å². The van der Waals surface area contributed by atoms with Crippen LogP contribution in [0.25, 0.3) is 11.1 Å². The van der Waals surface area contributed by atoms with Crippen LogP contribution in [0.2, 0.25) is 0 Å². The van der Waals surface area contributed by atoms with Gasteiger partial charge in [-0.05, 0) is 46.5 Å². The second-order valence-corrected chi connectivity index (χ2v) is 8.58. The van der Waals surface area contributed by atoms with Gasteiger partial charge in [-0.25, -0.2) is 9.48 Å². The monoisotopic (exact) mass is 515 g/mol. The quantitative estimate of drug-likeness (QED) is 0.278. The summed E-state index contributed by atoms with van der Waals surface area (Å²) in [6.07, 6.45) is -4.74. The fourth-order valence-corrected chi connectivity index (χ4v) is 4.39. The lowest BCUT2D eigenvalue weighted by molar-refractivity contribution is -0.274. The summed E-state index contributed by atoms with van der Waals surface area (Å²) >= 11 is 1.31. The first-order valence-corrected chi connectivity index (χ1v) is 11.6. The van der Waals surface area contributed by atoms with Crippen LogP contribution in [0.4, 0.5) is 13.2 Å². The lowest BCUT2D eigenvalue weighted by Crippen LogP contribution is -2.16. The van der Waals surface area contributed by atoms with Gasteiger partial charge in [0, 0.05) is 5.75 Å². The van der Waals surface area contributed by atoms with Gasteiger partial charge >= 0.3 is 12.3 Å². The van der Waals surface area contributed by atoms with E-state index in [9.17, 15) is 23.1 Å². The zero-order valence-corrected chi connectivity index (χ0v) is 19.7. The maximum atomic E-state index is 12.3. The van der Waals surface area contributed by atoms with Gasteiger partial charge in [0.2, 0.25) is 5.69 Å². The molecule has 0 aliphatic carbocycles. The lowest BCUT2D eigenvalue weighted by atomic mass is 10.0. The van der Waals surface area contributed by atoms with E-state index >= 15 is 0 Å². The van der Waals surface area contributed by atoms with Crippen molar-refractivity contribution in [2.45, 2.75) is 23.7 Å². The molecule has 0 saturated carbocycles. The van der Waals surface area contributed by atoms with Gasteiger partial charge in [0.05, 0.1) is 13.7 Å². The first kappa shape index (κ1) is 25.1. The number of hydrogen-bond donors (Lipinski definition) is 1. The van der Waals surface area contributed by atoms with Crippen LogP contribution < -0.4 is 9.47 Å². The molecular weight excluding hydrogens is 495 g/mol. The molecule has 0 spiro atoms. The minimum Gasteiger partial charge on any atom is -0.497 e. The number of methoxy groups -OCH3 is 1. The minimum absolute atomic E-state index is 0.119. The Balaban J connectivity index is 1.45. The fraction of sp³-hybridized carbons (Fsp3) is 0.160. The standard InChI is InChI=1S/C25H20F3N3O4S/c1-34-20-10-4-16(5-11-20)14-31-23(22(24(32)33)29-30-31)36-15-17-2-6-18(7-3-17)19-8-12-21(13-9-19)35-25(26,27)28/h2-13H,14-15H2,1H3,(H,32,33). The number of carbonyl (C=O) groups is 1. The zero-order chi connectivity index (χ0) is 25.7. The molecule has 0 fully saturated rings. The molecule has 0 bridgehead atoms. The number of aromatic nitrogens is 3. The van der Waals surface area contributed by atoms with E-state index in [0.29, 0.717) is 23.1 Å². The van der Waals surface area contributed by atoms with E-state index in [1.54, 1.807) is 23.9 Å². The molecule has 0 atom stereocenters. The van der Waals surface area contributed by atoms with Gasteiger partial charge in [0.25, 0.3) is 0 Å². The van der Waals surface area contributed by atoms with Crippen LogP contribution in [0.15, 0.2) is 77.8 Å². The summed E-state index contributed by atoms with van der Waals surface area (Å²) in [6.45, 7) is 0.347. The van der Waals surface area contributed by atoms with E-state index in [1.807, 2.05) is 48.5 Å². The highest BCUT2D eigenvalue weighted by atomic mass is 32.2. The number of carboxylic acids is 1. The molecule has 4 aromatic rings. The van der Waals surface area contributed by atoms with Crippen molar-refractivity contribution in [2.24, 2.45) is 0 Å². The van der Waals surface area contributed by atoms with Crippen LogP contribution in [0.3, 0.4) is 0 Å². The van der Waals surface area contributed by atoms with E-state index in [4.69, 9.17) is 4.74 Å². The van der Waals surface area contributed by atoms with E-state index < -0.39 is 12.3 Å². The molecule has 0 aliphatic heterocycles. The molecule has 1 N–H and O–H groups in total. The average molecular weight is 516 g/mol. The molecule has 11 heteroatoms. The number of thioether (sulfide) groups is 1. The molecule has 0 unspecified atom stereocenters. The minimum atomic E-state index is -4.74. The molecule has 36 heavy (non-hydrogen) atoms. The van der Waals surface area contributed by atoms with E-state index in [0.717, 1.165) is 22.3 Å². The normalized spacial score (nSPS) is 11.3. The van der Waals surface area contributed by atoms with Gasteiger partial charge in [-0.15, -0.1) is 18.3 Å². The summed E-state index contributed by atoms with van der Waals surface area (Å²) in [6, 6.07) is 20.4. The van der Waals surface area contributed by atoms with Crippen molar-refractivity contribution in [1.82, 2.24) is 15.0 Å². The van der Waals surface area contributed by atoms with Crippen molar-refractivity contribution in [1.29, 1.82) is 0 Å². The highest BCUT2D eigenvalue weighted by Crippen LogP contribution is 2.29. The summed E-state index contributed by atoms with van der Waals surface area (Å²) in [4.78, 5) is 11.7. The number of halogens is 3.